The third-order valence-corrected chi connectivity index (χ3v) is 5.67. The van der Waals surface area contributed by atoms with E-state index < -0.39 is 15.3 Å². The lowest BCUT2D eigenvalue weighted by atomic mass is 9.93. The van der Waals surface area contributed by atoms with E-state index in [1.54, 1.807) is 19.1 Å². The van der Waals surface area contributed by atoms with Gasteiger partial charge in [-0.15, -0.1) is 0 Å². The summed E-state index contributed by atoms with van der Waals surface area (Å²) in [6.45, 7) is 3.05. The van der Waals surface area contributed by atoms with Gasteiger partial charge in [0.15, 0.2) is 0 Å². The highest BCUT2D eigenvalue weighted by Gasteiger charge is 2.35. The molecule has 1 N–H and O–H groups in total. The minimum Gasteiger partial charge on any atom is -0.381 e. The van der Waals surface area contributed by atoms with Gasteiger partial charge in [-0.25, -0.2) is 17.5 Å². The first-order chi connectivity index (χ1) is 9.53. The quantitative estimate of drug-likeness (QED) is 0.901. The van der Waals surface area contributed by atoms with Crippen molar-refractivity contribution < 1.29 is 17.5 Å². The molecular formula is C14H20FNO3S. The lowest BCUT2D eigenvalue weighted by Crippen LogP contribution is -2.44. The van der Waals surface area contributed by atoms with Crippen molar-refractivity contribution in [3.63, 3.8) is 0 Å². The number of nitrogens with one attached hydrogen (secondary N) is 1. The molecule has 0 radical (unpaired) electrons. The molecule has 1 saturated heterocycles. The monoisotopic (exact) mass is 301 g/mol. The van der Waals surface area contributed by atoms with E-state index in [1.165, 1.54) is 12.1 Å². The maximum Gasteiger partial charge on any atom is 0.214 e. The Bertz CT molecular complexity index is 530. The molecule has 0 amide bonds. The van der Waals surface area contributed by atoms with E-state index in [2.05, 4.69) is 4.72 Å². The van der Waals surface area contributed by atoms with Gasteiger partial charge in [-0.05, 0) is 30.5 Å². The second-order valence-electron chi connectivity index (χ2n) is 5.04. The van der Waals surface area contributed by atoms with Gasteiger partial charge in [0, 0.05) is 19.1 Å². The van der Waals surface area contributed by atoms with Crippen LogP contribution in [0.5, 0.6) is 0 Å². The molecule has 1 aromatic carbocycles. The summed E-state index contributed by atoms with van der Waals surface area (Å²) in [4.78, 5) is 0. The highest BCUT2D eigenvalue weighted by atomic mass is 32.2. The molecule has 20 heavy (non-hydrogen) atoms. The van der Waals surface area contributed by atoms with Crippen molar-refractivity contribution in [2.75, 3.05) is 19.8 Å². The van der Waals surface area contributed by atoms with Gasteiger partial charge in [-0.1, -0.05) is 19.1 Å². The molecule has 1 heterocycles. The van der Waals surface area contributed by atoms with Gasteiger partial charge in [0.05, 0.1) is 11.9 Å². The summed E-state index contributed by atoms with van der Waals surface area (Å²) in [7, 11) is -3.31. The van der Waals surface area contributed by atoms with Gasteiger partial charge in [0.25, 0.3) is 0 Å². The summed E-state index contributed by atoms with van der Waals surface area (Å²) in [5.74, 6) is -0.385. The van der Waals surface area contributed by atoms with Crippen LogP contribution in [-0.2, 0) is 21.2 Å². The molecule has 2 rings (SSSR count). The fourth-order valence-corrected chi connectivity index (χ4v) is 4.31. The summed E-state index contributed by atoms with van der Waals surface area (Å²) in [5.41, 5.74) is 0.929. The number of ether oxygens (including phenoxy) is 1. The van der Waals surface area contributed by atoms with Crippen molar-refractivity contribution in [2.24, 2.45) is 5.92 Å². The number of hydrogen-bond acceptors (Lipinski definition) is 3. The molecule has 0 unspecified atom stereocenters. The van der Waals surface area contributed by atoms with Gasteiger partial charge < -0.3 is 4.74 Å². The Balaban J connectivity index is 2.13. The van der Waals surface area contributed by atoms with Crippen LogP contribution in [0.25, 0.3) is 0 Å². The Morgan fingerprint density at radius 1 is 1.35 bits per heavy atom. The Morgan fingerprint density at radius 2 is 2.05 bits per heavy atom. The van der Waals surface area contributed by atoms with E-state index in [0.29, 0.717) is 32.6 Å². The van der Waals surface area contributed by atoms with Crippen molar-refractivity contribution in [1.82, 2.24) is 4.72 Å². The van der Waals surface area contributed by atoms with E-state index in [-0.39, 0.29) is 11.7 Å². The van der Waals surface area contributed by atoms with Crippen LogP contribution < -0.4 is 4.72 Å². The molecule has 0 spiro atoms. The molecule has 1 aliphatic rings. The van der Waals surface area contributed by atoms with Crippen LogP contribution in [-0.4, -0.2) is 33.4 Å². The summed E-state index contributed by atoms with van der Waals surface area (Å²) in [5, 5.41) is -0.443. The fraction of sp³-hybridized carbons (Fsp3) is 0.571. The van der Waals surface area contributed by atoms with Crippen LogP contribution in [0.15, 0.2) is 24.3 Å². The first-order valence-electron chi connectivity index (χ1n) is 6.83. The molecule has 6 heteroatoms. The van der Waals surface area contributed by atoms with E-state index in [1.807, 2.05) is 0 Å². The molecule has 0 aromatic heterocycles. The predicted octanol–water partition coefficient (Wildman–Crippen LogP) is 1.71. The van der Waals surface area contributed by atoms with Crippen LogP contribution in [0.3, 0.4) is 0 Å². The van der Waals surface area contributed by atoms with Crippen LogP contribution in [0.2, 0.25) is 0 Å². The van der Waals surface area contributed by atoms with Crippen molar-refractivity contribution in [2.45, 2.75) is 25.0 Å². The SMILES string of the molecule is CCNS(=O)(=O)[C@@H]1CCOC[C@H]1Cc1ccc(F)cc1. The van der Waals surface area contributed by atoms with Crippen LogP contribution in [0.4, 0.5) is 4.39 Å². The summed E-state index contributed by atoms with van der Waals surface area (Å²) >= 11 is 0. The molecule has 1 fully saturated rings. The second-order valence-corrected chi connectivity index (χ2v) is 7.02. The average Bonchev–Trinajstić information content (AvgIpc) is 2.42. The van der Waals surface area contributed by atoms with Crippen molar-refractivity contribution in [1.29, 1.82) is 0 Å². The number of sulfonamides is 1. The lowest BCUT2D eigenvalue weighted by molar-refractivity contribution is 0.0570. The van der Waals surface area contributed by atoms with Crippen molar-refractivity contribution >= 4 is 10.0 Å². The van der Waals surface area contributed by atoms with Crippen molar-refractivity contribution in [3.8, 4) is 0 Å². The molecule has 1 aromatic rings. The zero-order valence-corrected chi connectivity index (χ0v) is 12.3. The Morgan fingerprint density at radius 3 is 2.70 bits per heavy atom. The van der Waals surface area contributed by atoms with Crippen LogP contribution in [0, 0.1) is 11.7 Å². The summed E-state index contributed by atoms with van der Waals surface area (Å²) in [6, 6.07) is 6.18. The molecule has 0 bridgehead atoms. The Hall–Kier alpha value is -0.980. The van der Waals surface area contributed by atoms with Gasteiger partial charge >= 0.3 is 0 Å². The maximum atomic E-state index is 12.9. The minimum atomic E-state index is -3.31. The molecule has 2 atom stereocenters. The van der Waals surface area contributed by atoms with E-state index >= 15 is 0 Å². The highest BCUT2D eigenvalue weighted by Crippen LogP contribution is 2.25. The van der Waals surface area contributed by atoms with E-state index in [9.17, 15) is 12.8 Å². The molecule has 0 saturated carbocycles. The van der Waals surface area contributed by atoms with Crippen LogP contribution >= 0.6 is 0 Å². The van der Waals surface area contributed by atoms with E-state index in [0.717, 1.165) is 5.56 Å². The van der Waals surface area contributed by atoms with Gasteiger partial charge in [-0.2, -0.15) is 0 Å². The first kappa shape index (κ1) is 15.4. The summed E-state index contributed by atoms with van der Waals surface area (Å²) < 4.78 is 45.3. The van der Waals surface area contributed by atoms with Gasteiger partial charge in [-0.3, -0.25) is 0 Å². The highest BCUT2D eigenvalue weighted by molar-refractivity contribution is 7.90. The third-order valence-electron chi connectivity index (χ3n) is 3.56. The predicted molar refractivity (Wildman–Crippen MR) is 75.4 cm³/mol. The normalized spacial score (nSPS) is 23.7. The standard InChI is InChI=1S/C14H20FNO3S/c1-2-16-20(17,18)14-7-8-19-10-12(14)9-11-3-5-13(15)6-4-11/h3-6,12,14,16H,2,7-10H2,1H3/t12-,14-/m1/s1. The number of halogens is 1. The lowest BCUT2D eigenvalue weighted by Gasteiger charge is -2.31. The molecule has 0 aliphatic carbocycles. The summed E-state index contributed by atoms with van der Waals surface area (Å²) in [6.07, 6.45) is 1.08. The topological polar surface area (TPSA) is 55.4 Å². The zero-order valence-electron chi connectivity index (χ0n) is 11.5. The van der Waals surface area contributed by atoms with Gasteiger partial charge in [0.2, 0.25) is 10.0 Å². The average molecular weight is 301 g/mol. The number of hydrogen-bond donors (Lipinski definition) is 1. The molecule has 4 nitrogen and oxygen atoms in total. The smallest absolute Gasteiger partial charge is 0.214 e. The third kappa shape index (κ3) is 3.77. The number of benzene rings is 1. The maximum absolute atomic E-state index is 12.9. The minimum absolute atomic E-state index is 0.0988. The number of rotatable bonds is 5. The fourth-order valence-electron chi connectivity index (χ4n) is 2.61. The molecular weight excluding hydrogens is 281 g/mol. The van der Waals surface area contributed by atoms with Crippen LogP contribution in [0.1, 0.15) is 18.9 Å². The molecule has 1 aliphatic heterocycles. The zero-order chi connectivity index (χ0) is 14.6. The van der Waals surface area contributed by atoms with Crippen molar-refractivity contribution in [3.05, 3.63) is 35.6 Å². The Labute approximate surface area is 119 Å². The van der Waals surface area contributed by atoms with Gasteiger partial charge in [0.1, 0.15) is 5.82 Å². The van der Waals surface area contributed by atoms with E-state index in [4.69, 9.17) is 4.74 Å². The largest absolute Gasteiger partial charge is 0.381 e. The Kier molecular flexibility index (Phi) is 5.12. The second kappa shape index (κ2) is 6.65. The molecule has 112 valence electrons. The first-order valence-corrected chi connectivity index (χ1v) is 8.38.